The van der Waals surface area contributed by atoms with Gasteiger partial charge in [-0.05, 0) is 74.2 Å². The van der Waals surface area contributed by atoms with Crippen LogP contribution >= 0.6 is 15.9 Å². The van der Waals surface area contributed by atoms with Gasteiger partial charge in [-0.2, -0.15) is 0 Å². The van der Waals surface area contributed by atoms with Crippen LogP contribution in [0.4, 0.5) is 0 Å². The molecule has 21 heavy (non-hydrogen) atoms. The van der Waals surface area contributed by atoms with E-state index in [2.05, 4.69) is 54.2 Å². The fourth-order valence-corrected chi connectivity index (χ4v) is 2.67. The molecule has 0 aliphatic carbocycles. The van der Waals surface area contributed by atoms with E-state index in [1.807, 2.05) is 31.2 Å². The number of halogens is 1. The molecule has 0 saturated heterocycles. The number of nitrogens with one attached hydrogen (secondary N) is 1. The third-order valence-corrected chi connectivity index (χ3v) is 4.33. The van der Waals surface area contributed by atoms with E-state index in [1.165, 1.54) is 22.3 Å². The first-order chi connectivity index (χ1) is 9.88. The summed E-state index contributed by atoms with van der Waals surface area (Å²) >= 11 is 3.37. The minimum absolute atomic E-state index is 0.0135. The third-order valence-electron chi connectivity index (χ3n) is 3.80. The molecule has 3 heteroatoms. The summed E-state index contributed by atoms with van der Waals surface area (Å²) < 4.78 is 0.970. The van der Waals surface area contributed by atoms with E-state index in [1.54, 1.807) is 0 Å². The Morgan fingerprint density at radius 1 is 1.00 bits per heavy atom. The first kappa shape index (κ1) is 15.8. The molecule has 0 saturated carbocycles. The van der Waals surface area contributed by atoms with Crippen LogP contribution in [0.1, 0.15) is 45.6 Å². The number of amides is 1. The van der Waals surface area contributed by atoms with E-state index in [0.717, 1.165) is 4.47 Å². The number of carbonyl (C=O) groups is 1. The summed E-state index contributed by atoms with van der Waals surface area (Å²) in [7, 11) is 0. The Kier molecular flexibility index (Phi) is 4.84. The minimum atomic E-state index is -0.0485. The van der Waals surface area contributed by atoms with Gasteiger partial charge in [-0.3, -0.25) is 4.79 Å². The monoisotopic (exact) mass is 345 g/mol. The molecule has 0 radical (unpaired) electrons. The van der Waals surface area contributed by atoms with Crippen molar-refractivity contribution in [3.63, 3.8) is 0 Å². The molecular formula is C18H20BrNO. The molecule has 0 unspecified atom stereocenters. The molecule has 0 aromatic heterocycles. The van der Waals surface area contributed by atoms with Crippen LogP contribution < -0.4 is 5.32 Å². The number of hydrogen-bond acceptors (Lipinski definition) is 1. The lowest BCUT2D eigenvalue weighted by Crippen LogP contribution is -2.27. The summed E-state index contributed by atoms with van der Waals surface area (Å²) in [5.41, 5.74) is 5.58. The zero-order valence-corrected chi connectivity index (χ0v) is 14.4. The van der Waals surface area contributed by atoms with Gasteiger partial charge in [-0.1, -0.05) is 28.1 Å². The lowest BCUT2D eigenvalue weighted by Gasteiger charge is -2.18. The van der Waals surface area contributed by atoms with Gasteiger partial charge in [-0.25, -0.2) is 0 Å². The zero-order chi connectivity index (χ0) is 15.6. The number of hydrogen-bond donors (Lipinski definition) is 1. The predicted octanol–water partition coefficient (Wildman–Crippen LogP) is 4.87. The molecule has 0 spiro atoms. The highest BCUT2D eigenvalue weighted by atomic mass is 79.9. The standard InChI is InChI=1S/C18H20BrNO/c1-11-9-13(3)17(10-12(11)2)14(4)20-18(21)15-5-7-16(19)8-6-15/h5-10,14H,1-4H3,(H,20,21)/t14-/m1/s1. The summed E-state index contributed by atoms with van der Waals surface area (Å²) in [6.07, 6.45) is 0. The second kappa shape index (κ2) is 6.44. The third kappa shape index (κ3) is 3.73. The molecular weight excluding hydrogens is 326 g/mol. The lowest BCUT2D eigenvalue weighted by atomic mass is 9.96. The molecule has 0 bridgehead atoms. The minimum Gasteiger partial charge on any atom is -0.346 e. The molecule has 1 N–H and O–H groups in total. The molecule has 2 rings (SSSR count). The number of benzene rings is 2. The van der Waals surface area contributed by atoms with Crippen molar-refractivity contribution in [2.75, 3.05) is 0 Å². The first-order valence-electron chi connectivity index (χ1n) is 7.02. The Labute approximate surface area is 134 Å². The second-order valence-corrected chi connectivity index (χ2v) is 6.41. The van der Waals surface area contributed by atoms with Crippen molar-refractivity contribution in [2.45, 2.75) is 33.7 Å². The highest BCUT2D eigenvalue weighted by Crippen LogP contribution is 2.22. The van der Waals surface area contributed by atoms with Gasteiger partial charge in [0.15, 0.2) is 0 Å². The first-order valence-corrected chi connectivity index (χ1v) is 7.82. The average molecular weight is 346 g/mol. The summed E-state index contributed by atoms with van der Waals surface area (Å²) in [5.74, 6) is -0.0485. The molecule has 1 amide bonds. The summed E-state index contributed by atoms with van der Waals surface area (Å²) in [6.45, 7) is 8.32. The van der Waals surface area contributed by atoms with Gasteiger partial charge >= 0.3 is 0 Å². The Bertz CT molecular complexity index is 662. The second-order valence-electron chi connectivity index (χ2n) is 5.50. The van der Waals surface area contributed by atoms with Crippen molar-refractivity contribution >= 4 is 21.8 Å². The molecule has 0 fully saturated rings. The zero-order valence-electron chi connectivity index (χ0n) is 12.8. The molecule has 0 aliphatic rings. The van der Waals surface area contributed by atoms with Crippen LogP contribution in [0.2, 0.25) is 0 Å². The molecule has 2 aromatic carbocycles. The fourth-order valence-electron chi connectivity index (χ4n) is 2.41. The predicted molar refractivity (Wildman–Crippen MR) is 90.7 cm³/mol. The van der Waals surface area contributed by atoms with E-state index >= 15 is 0 Å². The van der Waals surface area contributed by atoms with E-state index in [9.17, 15) is 4.79 Å². The average Bonchev–Trinajstić information content (AvgIpc) is 2.43. The van der Waals surface area contributed by atoms with Crippen LogP contribution in [0.25, 0.3) is 0 Å². The van der Waals surface area contributed by atoms with Crippen molar-refractivity contribution in [3.05, 3.63) is 68.7 Å². The number of carbonyl (C=O) groups excluding carboxylic acids is 1. The molecule has 2 nitrogen and oxygen atoms in total. The van der Waals surface area contributed by atoms with Crippen molar-refractivity contribution in [1.29, 1.82) is 0 Å². The van der Waals surface area contributed by atoms with Gasteiger partial charge < -0.3 is 5.32 Å². The van der Waals surface area contributed by atoms with E-state index in [0.29, 0.717) is 5.56 Å². The smallest absolute Gasteiger partial charge is 0.251 e. The maximum Gasteiger partial charge on any atom is 0.251 e. The highest BCUT2D eigenvalue weighted by Gasteiger charge is 2.14. The van der Waals surface area contributed by atoms with E-state index < -0.39 is 0 Å². The van der Waals surface area contributed by atoms with Crippen molar-refractivity contribution in [1.82, 2.24) is 5.32 Å². The Balaban J connectivity index is 2.18. The van der Waals surface area contributed by atoms with Crippen LogP contribution in [0.15, 0.2) is 40.9 Å². The molecule has 2 aromatic rings. The molecule has 110 valence electrons. The highest BCUT2D eigenvalue weighted by molar-refractivity contribution is 9.10. The SMILES string of the molecule is Cc1cc(C)c([C@@H](C)NC(=O)c2ccc(Br)cc2)cc1C. The maximum absolute atomic E-state index is 12.3. The number of aryl methyl sites for hydroxylation is 3. The van der Waals surface area contributed by atoms with E-state index in [-0.39, 0.29) is 11.9 Å². The Morgan fingerprint density at radius 2 is 1.57 bits per heavy atom. The van der Waals surface area contributed by atoms with Gasteiger partial charge in [0.2, 0.25) is 0 Å². The summed E-state index contributed by atoms with van der Waals surface area (Å²) in [5, 5.41) is 3.07. The quantitative estimate of drug-likeness (QED) is 0.844. The Morgan fingerprint density at radius 3 is 2.19 bits per heavy atom. The maximum atomic E-state index is 12.3. The lowest BCUT2D eigenvalue weighted by molar-refractivity contribution is 0.0940. The van der Waals surface area contributed by atoms with Crippen molar-refractivity contribution < 1.29 is 4.79 Å². The largest absolute Gasteiger partial charge is 0.346 e. The fraction of sp³-hybridized carbons (Fsp3) is 0.278. The Hall–Kier alpha value is -1.61. The van der Waals surface area contributed by atoms with Crippen molar-refractivity contribution in [2.24, 2.45) is 0 Å². The van der Waals surface area contributed by atoms with Gasteiger partial charge in [-0.15, -0.1) is 0 Å². The molecule has 1 atom stereocenters. The summed E-state index contributed by atoms with van der Waals surface area (Å²) in [4.78, 5) is 12.3. The van der Waals surface area contributed by atoms with Gasteiger partial charge in [0.05, 0.1) is 6.04 Å². The van der Waals surface area contributed by atoms with E-state index in [4.69, 9.17) is 0 Å². The molecule has 0 heterocycles. The van der Waals surface area contributed by atoms with Crippen LogP contribution in [0.5, 0.6) is 0 Å². The van der Waals surface area contributed by atoms with Crippen molar-refractivity contribution in [3.8, 4) is 0 Å². The topological polar surface area (TPSA) is 29.1 Å². The number of rotatable bonds is 3. The normalized spacial score (nSPS) is 12.0. The van der Waals surface area contributed by atoms with Crippen LogP contribution in [0, 0.1) is 20.8 Å². The van der Waals surface area contributed by atoms with Gasteiger partial charge in [0, 0.05) is 10.0 Å². The van der Waals surface area contributed by atoms with Crippen LogP contribution in [-0.4, -0.2) is 5.91 Å². The van der Waals surface area contributed by atoms with Gasteiger partial charge in [0.25, 0.3) is 5.91 Å². The van der Waals surface area contributed by atoms with Gasteiger partial charge in [0.1, 0.15) is 0 Å². The molecule has 0 aliphatic heterocycles. The van der Waals surface area contributed by atoms with Crippen LogP contribution in [0.3, 0.4) is 0 Å². The van der Waals surface area contributed by atoms with Crippen LogP contribution in [-0.2, 0) is 0 Å². The summed E-state index contributed by atoms with van der Waals surface area (Å²) in [6, 6.07) is 11.7.